The highest BCUT2D eigenvalue weighted by atomic mass is 16.5. The number of ether oxygens (including phenoxy) is 2. The molecule has 0 aliphatic carbocycles. The van der Waals surface area contributed by atoms with Gasteiger partial charge in [0.2, 0.25) is 5.95 Å². The zero-order chi connectivity index (χ0) is 22.3. The van der Waals surface area contributed by atoms with Crippen molar-refractivity contribution in [3.63, 3.8) is 0 Å². The van der Waals surface area contributed by atoms with Crippen molar-refractivity contribution >= 4 is 22.7 Å². The molecule has 0 aliphatic rings. The topological polar surface area (TPSA) is 88.5 Å². The van der Waals surface area contributed by atoms with Crippen LogP contribution in [0.2, 0.25) is 0 Å². The SMILES string of the molecule is CCCC[C@](C)(CO)Nc1nc(NCc2ccc(OC)cc2OC)nc2ccccc12. The molecule has 1 aromatic heterocycles. The molecule has 31 heavy (non-hydrogen) atoms. The largest absolute Gasteiger partial charge is 0.497 e. The van der Waals surface area contributed by atoms with Gasteiger partial charge < -0.3 is 25.2 Å². The Bertz CT molecular complexity index is 1010. The zero-order valence-corrected chi connectivity index (χ0v) is 18.7. The van der Waals surface area contributed by atoms with Gasteiger partial charge in [0.1, 0.15) is 17.3 Å². The van der Waals surface area contributed by atoms with Gasteiger partial charge in [-0.05, 0) is 37.6 Å². The molecule has 0 fully saturated rings. The van der Waals surface area contributed by atoms with Crippen LogP contribution in [0, 0.1) is 0 Å². The highest BCUT2D eigenvalue weighted by Crippen LogP contribution is 2.28. The molecule has 0 saturated carbocycles. The molecule has 0 saturated heterocycles. The normalized spacial score (nSPS) is 12.9. The second-order valence-corrected chi connectivity index (χ2v) is 7.89. The third-order valence-electron chi connectivity index (χ3n) is 5.39. The van der Waals surface area contributed by atoms with Gasteiger partial charge in [0.05, 0.1) is 31.9 Å². The van der Waals surface area contributed by atoms with Crippen LogP contribution in [0.3, 0.4) is 0 Å². The molecule has 0 aliphatic heterocycles. The van der Waals surface area contributed by atoms with Gasteiger partial charge in [0, 0.05) is 23.6 Å². The molecule has 3 aromatic rings. The van der Waals surface area contributed by atoms with Crippen molar-refractivity contribution in [2.75, 3.05) is 31.5 Å². The molecule has 3 rings (SSSR count). The number of aliphatic hydroxyl groups excluding tert-OH is 1. The average molecular weight is 425 g/mol. The van der Waals surface area contributed by atoms with E-state index in [0.29, 0.717) is 18.3 Å². The minimum Gasteiger partial charge on any atom is -0.497 e. The van der Waals surface area contributed by atoms with Crippen LogP contribution in [0.4, 0.5) is 11.8 Å². The van der Waals surface area contributed by atoms with E-state index in [4.69, 9.17) is 14.5 Å². The lowest BCUT2D eigenvalue weighted by molar-refractivity contribution is 0.212. The minimum atomic E-state index is -0.455. The Morgan fingerprint density at radius 2 is 1.87 bits per heavy atom. The van der Waals surface area contributed by atoms with E-state index in [1.165, 1.54) is 0 Å². The van der Waals surface area contributed by atoms with Gasteiger partial charge in [-0.3, -0.25) is 0 Å². The first-order valence-corrected chi connectivity index (χ1v) is 10.6. The fraction of sp³-hybridized carbons (Fsp3) is 0.417. The molecule has 1 atom stereocenters. The van der Waals surface area contributed by atoms with Gasteiger partial charge >= 0.3 is 0 Å². The lowest BCUT2D eigenvalue weighted by Gasteiger charge is -2.30. The summed E-state index contributed by atoms with van der Waals surface area (Å²) in [5.74, 6) is 2.69. The summed E-state index contributed by atoms with van der Waals surface area (Å²) in [6, 6.07) is 13.6. The van der Waals surface area contributed by atoms with Crippen molar-refractivity contribution in [3.05, 3.63) is 48.0 Å². The first-order valence-electron chi connectivity index (χ1n) is 10.6. The molecule has 3 N–H and O–H groups in total. The number of hydrogen-bond acceptors (Lipinski definition) is 7. The molecule has 2 aromatic carbocycles. The molecule has 7 heteroatoms. The summed E-state index contributed by atoms with van der Waals surface area (Å²) in [7, 11) is 3.27. The first kappa shape index (κ1) is 22.6. The molecule has 0 bridgehead atoms. The molecule has 166 valence electrons. The summed E-state index contributed by atoms with van der Waals surface area (Å²) in [4.78, 5) is 9.40. The van der Waals surface area contributed by atoms with Gasteiger partial charge in [-0.1, -0.05) is 31.9 Å². The van der Waals surface area contributed by atoms with Crippen LogP contribution in [0.15, 0.2) is 42.5 Å². The first-order chi connectivity index (χ1) is 15.0. The lowest BCUT2D eigenvalue weighted by atomic mass is 9.95. The van der Waals surface area contributed by atoms with Crippen molar-refractivity contribution in [2.24, 2.45) is 0 Å². The monoisotopic (exact) mass is 424 g/mol. The van der Waals surface area contributed by atoms with Gasteiger partial charge in [0.15, 0.2) is 0 Å². The summed E-state index contributed by atoms with van der Waals surface area (Å²) < 4.78 is 10.8. The highest BCUT2D eigenvalue weighted by Gasteiger charge is 2.24. The fourth-order valence-corrected chi connectivity index (χ4v) is 3.46. The Balaban J connectivity index is 1.88. The average Bonchev–Trinajstić information content (AvgIpc) is 2.81. The molecule has 0 radical (unpaired) electrons. The molecule has 0 unspecified atom stereocenters. The van der Waals surface area contributed by atoms with Gasteiger partial charge in [-0.25, -0.2) is 4.98 Å². The predicted octanol–water partition coefficient (Wildman–Crippen LogP) is 4.61. The van der Waals surface area contributed by atoms with Crippen molar-refractivity contribution in [1.82, 2.24) is 9.97 Å². The number of nitrogens with one attached hydrogen (secondary N) is 2. The maximum absolute atomic E-state index is 10.0. The molecule has 0 amide bonds. The summed E-state index contributed by atoms with van der Waals surface area (Å²) in [5, 5.41) is 17.7. The van der Waals surface area contributed by atoms with E-state index in [-0.39, 0.29) is 6.61 Å². The van der Waals surface area contributed by atoms with Crippen molar-refractivity contribution in [2.45, 2.75) is 45.2 Å². The van der Waals surface area contributed by atoms with Crippen molar-refractivity contribution < 1.29 is 14.6 Å². The van der Waals surface area contributed by atoms with Crippen LogP contribution in [0.5, 0.6) is 11.5 Å². The van der Waals surface area contributed by atoms with E-state index < -0.39 is 5.54 Å². The number of para-hydroxylation sites is 1. The fourth-order valence-electron chi connectivity index (χ4n) is 3.46. The van der Waals surface area contributed by atoms with Crippen LogP contribution in [0.25, 0.3) is 10.9 Å². The number of aromatic nitrogens is 2. The smallest absolute Gasteiger partial charge is 0.225 e. The number of anilines is 2. The zero-order valence-electron chi connectivity index (χ0n) is 18.7. The van der Waals surface area contributed by atoms with E-state index in [2.05, 4.69) is 22.5 Å². The highest BCUT2D eigenvalue weighted by molar-refractivity contribution is 5.90. The summed E-state index contributed by atoms with van der Waals surface area (Å²) >= 11 is 0. The number of unbranched alkanes of at least 4 members (excludes halogenated alkanes) is 1. The van der Waals surface area contributed by atoms with E-state index in [1.54, 1.807) is 14.2 Å². The third-order valence-corrected chi connectivity index (χ3v) is 5.39. The summed E-state index contributed by atoms with van der Waals surface area (Å²) in [5.41, 5.74) is 1.35. The van der Waals surface area contributed by atoms with Crippen LogP contribution >= 0.6 is 0 Å². The van der Waals surface area contributed by atoms with E-state index in [0.717, 1.165) is 47.2 Å². The number of fused-ring (bicyclic) bond motifs is 1. The van der Waals surface area contributed by atoms with E-state index >= 15 is 0 Å². The lowest BCUT2D eigenvalue weighted by Crippen LogP contribution is -2.39. The Morgan fingerprint density at radius 3 is 2.58 bits per heavy atom. The molecule has 7 nitrogen and oxygen atoms in total. The number of hydrogen-bond donors (Lipinski definition) is 3. The van der Waals surface area contributed by atoms with Crippen LogP contribution in [-0.4, -0.2) is 41.4 Å². The molecule has 0 spiro atoms. The van der Waals surface area contributed by atoms with Crippen molar-refractivity contribution in [3.8, 4) is 11.5 Å². The maximum Gasteiger partial charge on any atom is 0.225 e. The molecular formula is C24H32N4O3. The number of nitrogens with zero attached hydrogens (tertiary/aromatic N) is 2. The number of benzene rings is 2. The van der Waals surface area contributed by atoms with Gasteiger partial charge in [0.25, 0.3) is 0 Å². The van der Waals surface area contributed by atoms with Gasteiger partial charge in [-0.2, -0.15) is 4.98 Å². The number of aliphatic hydroxyl groups is 1. The van der Waals surface area contributed by atoms with Crippen LogP contribution in [-0.2, 0) is 6.54 Å². The quantitative estimate of drug-likeness (QED) is 0.414. The summed E-state index contributed by atoms with van der Waals surface area (Å²) in [6.07, 6.45) is 2.94. The van der Waals surface area contributed by atoms with Crippen LogP contribution < -0.4 is 20.1 Å². The Kier molecular flexibility index (Phi) is 7.52. The number of methoxy groups -OCH3 is 2. The van der Waals surface area contributed by atoms with Gasteiger partial charge in [-0.15, -0.1) is 0 Å². The Morgan fingerprint density at radius 1 is 1.06 bits per heavy atom. The van der Waals surface area contributed by atoms with E-state index in [1.807, 2.05) is 49.4 Å². The van der Waals surface area contributed by atoms with E-state index in [9.17, 15) is 5.11 Å². The molecule has 1 heterocycles. The molecular weight excluding hydrogens is 392 g/mol. The van der Waals surface area contributed by atoms with Crippen molar-refractivity contribution in [1.29, 1.82) is 0 Å². The minimum absolute atomic E-state index is 0.0249. The Labute approximate surface area is 183 Å². The van der Waals surface area contributed by atoms with Crippen LogP contribution in [0.1, 0.15) is 38.7 Å². The predicted molar refractivity (Wildman–Crippen MR) is 125 cm³/mol. The second kappa shape index (κ2) is 10.3. The third kappa shape index (κ3) is 5.55. The number of rotatable bonds is 11. The Hall–Kier alpha value is -3.06. The standard InChI is InChI=1S/C24H32N4O3/c1-5-6-13-24(2,16-29)28-22-19-9-7-8-10-20(19)26-23(27-22)25-15-17-11-12-18(30-3)14-21(17)31-4/h7-12,14,29H,5-6,13,15-16H2,1-4H3,(H2,25,26,27,28)/t24-/m1/s1. The second-order valence-electron chi connectivity index (χ2n) is 7.89. The summed E-state index contributed by atoms with van der Waals surface area (Å²) in [6.45, 7) is 4.69. The maximum atomic E-state index is 10.0.